The summed E-state index contributed by atoms with van der Waals surface area (Å²) >= 11 is 17.7. The number of carbonyl (C=O) groups excluding carboxylic acids is 1. The molecule has 10 heteroatoms. The molecule has 1 saturated heterocycles. The number of amides is 1. The van der Waals surface area contributed by atoms with E-state index in [9.17, 15) is 13.2 Å². The maximum Gasteiger partial charge on any atom is 0.275 e. The molecule has 26 heavy (non-hydrogen) atoms. The highest BCUT2D eigenvalue weighted by molar-refractivity contribution is 7.89. The summed E-state index contributed by atoms with van der Waals surface area (Å²) in [6, 6.07) is 6.03. The van der Waals surface area contributed by atoms with E-state index in [1.165, 1.54) is 22.6 Å². The second-order valence-corrected chi connectivity index (χ2v) is 8.78. The monoisotopic (exact) mass is 433 g/mol. The minimum Gasteiger partial charge on any atom is -0.321 e. The van der Waals surface area contributed by atoms with E-state index < -0.39 is 15.9 Å². The van der Waals surface area contributed by atoms with Crippen LogP contribution in [0.15, 0.2) is 35.4 Å². The molecule has 1 aromatic carbocycles. The highest BCUT2D eigenvalue weighted by Crippen LogP contribution is 2.31. The fourth-order valence-electron chi connectivity index (χ4n) is 2.60. The van der Waals surface area contributed by atoms with Crippen molar-refractivity contribution in [1.29, 1.82) is 0 Å². The first-order valence-electron chi connectivity index (χ1n) is 7.72. The summed E-state index contributed by atoms with van der Waals surface area (Å²) < 4.78 is 26.7. The summed E-state index contributed by atoms with van der Waals surface area (Å²) in [5.41, 5.74) is 0.202. The average molecular weight is 435 g/mol. The smallest absolute Gasteiger partial charge is 0.275 e. The molecule has 0 saturated carbocycles. The molecule has 1 N–H and O–H groups in total. The van der Waals surface area contributed by atoms with Crippen molar-refractivity contribution in [2.75, 3.05) is 18.4 Å². The Morgan fingerprint density at radius 3 is 2.50 bits per heavy atom. The Bertz CT molecular complexity index is 960. The third kappa shape index (κ3) is 3.82. The van der Waals surface area contributed by atoms with Gasteiger partial charge in [-0.2, -0.15) is 4.31 Å². The van der Waals surface area contributed by atoms with Crippen molar-refractivity contribution in [1.82, 2.24) is 9.29 Å². The molecule has 0 radical (unpaired) electrons. The zero-order valence-electron chi connectivity index (χ0n) is 13.4. The molecule has 0 unspecified atom stereocenters. The van der Waals surface area contributed by atoms with Gasteiger partial charge in [-0.1, -0.05) is 40.9 Å². The number of pyridine rings is 1. The molecule has 0 bridgehead atoms. The first kappa shape index (κ1) is 19.4. The molecule has 1 aliphatic rings. The van der Waals surface area contributed by atoms with Crippen LogP contribution in [0.2, 0.25) is 15.1 Å². The number of rotatable bonds is 4. The summed E-state index contributed by atoms with van der Waals surface area (Å²) in [7, 11) is -3.58. The summed E-state index contributed by atoms with van der Waals surface area (Å²) in [5.74, 6) is -0.621. The van der Waals surface area contributed by atoms with Gasteiger partial charge in [0.05, 0.1) is 20.0 Å². The van der Waals surface area contributed by atoms with Gasteiger partial charge < -0.3 is 5.32 Å². The molecule has 0 spiro atoms. The topological polar surface area (TPSA) is 79.4 Å². The van der Waals surface area contributed by atoms with Crippen molar-refractivity contribution in [2.45, 2.75) is 17.7 Å². The Labute approximate surface area is 166 Å². The van der Waals surface area contributed by atoms with E-state index >= 15 is 0 Å². The van der Waals surface area contributed by atoms with Gasteiger partial charge in [-0.15, -0.1) is 0 Å². The van der Waals surface area contributed by atoms with Crippen LogP contribution in [0, 0.1) is 0 Å². The fourth-order valence-corrected chi connectivity index (χ4v) is 4.73. The number of anilines is 1. The Balaban J connectivity index is 1.85. The number of hydrogen-bond donors (Lipinski definition) is 1. The maximum absolute atomic E-state index is 12.6. The molecule has 1 fully saturated rings. The van der Waals surface area contributed by atoms with Gasteiger partial charge in [0.1, 0.15) is 5.69 Å². The van der Waals surface area contributed by atoms with Crippen LogP contribution in [0.4, 0.5) is 5.69 Å². The van der Waals surface area contributed by atoms with Gasteiger partial charge in [-0.05, 0) is 31.0 Å². The van der Waals surface area contributed by atoms with Crippen LogP contribution < -0.4 is 5.32 Å². The second-order valence-electron chi connectivity index (χ2n) is 5.68. The van der Waals surface area contributed by atoms with Crippen LogP contribution >= 0.6 is 34.8 Å². The van der Waals surface area contributed by atoms with Crippen LogP contribution in [0.5, 0.6) is 0 Å². The van der Waals surface area contributed by atoms with E-state index in [4.69, 9.17) is 34.8 Å². The molecular formula is C16H14Cl3N3O3S. The van der Waals surface area contributed by atoms with Crippen molar-refractivity contribution in [2.24, 2.45) is 0 Å². The van der Waals surface area contributed by atoms with Crippen LogP contribution in [-0.4, -0.2) is 36.7 Å². The number of carbonyl (C=O) groups is 1. The summed E-state index contributed by atoms with van der Waals surface area (Å²) in [6.45, 7) is 1.00. The molecular weight excluding hydrogens is 421 g/mol. The van der Waals surface area contributed by atoms with Crippen LogP contribution in [0.25, 0.3) is 0 Å². The average Bonchev–Trinajstić information content (AvgIpc) is 3.15. The van der Waals surface area contributed by atoms with Crippen molar-refractivity contribution in [3.63, 3.8) is 0 Å². The van der Waals surface area contributed by atoms with Gasteiger partial charge in [0, 0.05) is 25.0 Å². The number of sulfonamides is 1. The van der Waals surface area contributed by atoms with E-state index in [0.717, 1.165) is 12.8 Å². The Morgan fingerprint density at radius 2 is 1.81 bits per heavy atom. The Morgan fingerprint density at radius 1 is 1.12 bits per heavy atom. The van der Waals surface area contributed by atoms with Gasteiger partial charge in [-0.25, -0.2) is 13.4 Å². The van der Waals surface area contributed by atoms with Gasteiger partial charge in [-0.3, -0.25) is 4.79 Å². The van der Waals surface area contributed by atoms with Crippen LogP contribution in [0.1, 0.15) is 23.3 Å². The molecule has 1 amide bonds. The predicted octanol–water partition coefficient (Wildman–Crippen LogP) is 4.08. The Hall–Kier alpha value is -1.38. The number of aromatic nitrogens is 1. The SMILES string of the molecule is O=C(Nc1cccc(S(=O)(=O)N2CCCC2)c1)c1ncc(Cl)c(Cl)c1Cl. The van der Waals surface area contributed by atoms with E-state index in [-0.39, 0.29) is 25.7 Å². The third-order valence-corrected chi connectivity index (χ3v) is 7.06. The van der Waals surface area contributed by atoms with E-state index in [2.05, 4.69) is 10.3 Å². The van der Waals surface area contributed by atoms with Gasteiger partial charge >= 0.3 is 0 Å². The van der Waals surface area contributed by atoms with Crippen molar-refractivity contribution in [3.8, 4) is 0 Å². The lowest BCUT2D eigenvalue weighted by atomic mass is 10.3. The number of nitrogens with one attached hydrogen (secondary N) is 1. The molecule has 2 aromatic rings. The van der Waals surface area contributed by atoms with Crippen molar-refractivity contribution in [3.05, 3.63) is 51.2 Å². The zero-order valence-corrected chi connectivity index (χ0v) is 16.5. The Kier molecular flexibility index (Phi) is 5.74. The van der Waals surface area contributed by atoms with Crippen LogP contribution in [0.3, 0.4) is 0 Å². The van der Waals surface area contributed by atoms with Gasteiger partial charge in [0.25, 0.3) is 5.91 Å². The van der Waals surface area contributed by atoms with Crippen molar-refractivity contribution >= 4 is 56.4 Å². The van der Waals surface area contributed by atoms with E-state index in [1.54, 1.807) is 12.1 Å². The molecule has 2 heterocycles. The standard InChI is InChI=1S/C16H14Cl3N3O3S/c17-12-9-20-15(14(19)13(12)18)16(23)21-10-4-3-5-11(8-10)26(24,25)22-6-1-2-7-22/h3-5,8-9H,1-2,6-7H2,(H,21,23). The minimum atomic E-state index is -3.58. The normalized spacial score (nSPS) is 15.2. The number of hydrogen-bond acceptors (Lipinski definition) is 4. The first-order chi connectivity index (χ1) is 12.3. The number of benzene rings is 1. The summed E-state index contributed by atoms with van der Waals surface area (Å²) in [4.78, 5) is 16.4. The maximum atomic E-state index is 12.6. The highest BCUT2D eigenvalue weighted by atomic mass is 35.5. The predicted molar refractivity (Wildman–Crippen MR) is 102 cm³/mol. The lowest BCUT2D eigenvalue weighted by Crippen LogP contribution is -2.28. The molecule has 0 aliphatic carbocycles. The van der Waals surface area contributed by atoms with E-state index in [0.29, 0.717) is 18.8 Å². The third-order valence-electron chi connectivity index (χ3n) is 3.93. The lowest BCUT2D eigenvalue weighted by molar-refractivity contribution is 0.102. The number of halogens is 3. The fraction of sp³-hybridized carbons (Fsp3) is 0.250. The lowest BCUT2D eigenvalue weighted by Gasteiger charge is -2.16. The molecule has 138 valence electrons. The summed E-state index contributed by atoms with van der Waals surface area (Å²) in [6.07, 6.45) is 2.91. The molecule has 1 aliphatic heterocycles. The quantitative estimate of drug-likeness (QED) is 0.786. The largest absolute Gasteiger partial charge is 0.321 e. The van der Waals surface area contributed by atoms with Crippen LogP contribution in [-0.2, 0) is 10.0 Å². The van der Waals surface area contributed by atoms with Gasteiger partial charge in [0.2, 0.25) is 10.0 Å². The number of nitrogens with zero attached hydrogens (tertiary/aromatic N) is 2. The highest BCUT2D eigenvalue weighted by Gasteiger charge is 2.27. The van der Waals surface area contributed by atoms with E-state index in [1.807, 2.05) is 0 Å². The molecule has 6 nitrogen and oxygen atoms in total. The molecule has 0 atom stereocenters. The molecule has 3 rings (SSSR count). The first-order valence-corrected chi connectivity index (χ1v) is 10.3. The summed E-state index contributed by atoms with van der Waals surface area (Å²) in [5, 5.41) is 2.66. The zero-order chi connectivity index (χ0) is 18.9. The molecule has 1 aromatic heterocycles. The van der Waals surface area contributed by atoms with Gasteiger partial charge in [0.15, 0.2) is 0 Å². The van der Waals surface area contributed by atoms with Crippen molar-refractivity contribution < 1.29 is 13.2 Å². The minimum absolute atomic E-state index is 0.0267. The second kappa shape index (κ2) is 7.70.